The molecule has 0 unspecified atom stereocenters. The van der Waals surface area contributed by atoms with E-state index in [1.165, 1.54) is 45.4 Å². The molecule has 0 aromatic heterocycles. The standard InChI is InChI=1S/C33H53P.C3H8.CH3.Pd/c1-19(2)26-17-27(20(3)4)30(28(18-26)21(5)6)29-24(9)22(7)23(8)25(10)31(29)34(32(11,12)13)33(14,15)16;1-3-2;;/h17-21H,1-16H3;3H2,1-2H3;1H3;/q;;-1;+2/p+1. The summed E-state index contributed by atoms with van der Waals surface area (Å²) >= 11 is 0. The summed E-state index contributed by atoms with van der Waals surface area (Å²) in [6.45, 7) is 42.8. The molecule has 2 aromatic rings. The zero-order chi connectivity index (χ0) is 29.2. The zero-order valence-electron chi connectivity index (χ0n) is 29.4. The maximum Gasteiger partial charge on any atom is 2.00 e. The Labute approximate surface area is 261 Å². The minimum absolute atomic E-state index is 0. The molecule has 0 radical (unpaired) electrons. The summed E-state index contributed by atoms with van der Waals surface area (Å²) in [5.74, 6) is 1.51. The van der Waals surface area contributed by atoms with Gasteiger partial charge in [-0.25, -0.2) is 0 Å². The molecule has 0 fully saturated rings. The molecule has 39 heavy (non-hydrogen) atoms. The molecule has 0 saturated carbocycles. The Hall–Kier alpha value is -0.468. The van der Waals surface area contributed by atoms with E-state index in [0.717, 1.165) is 0 Å². The fourth-order valence-electron chi connectivity index (χ4n) is 6.06. The van der Waals surface area contributed by atoms with E-state index < -0.39 is 7.92 Å². The van der Waals surface area contributed by atoms with Gasteiger partial charge in [-0.1, -0.05) is 73.9 Å². The Morgan fingerprint density at radius 3 is 1.21 bits per heavy atom. The Morgan fingerprint density at radius 1 is 0.590 bits per heavy atom. The Balaban J connectivity index is 0. The molecule has 226 valence electrons. The summed E-state index contributed by atoms with van der Waals surface area (Å²) in [7, 11) is -0.931. The molecule has 2 heteroatoms. The van der Waals surface area contributed by atoms with Crippen LogP contribution in [0.3, 0.4) is 0 Å². The van der Waals surface area contributed by atoms with Crippen LogP contribution in [0.1, 0.15) is 160 Å². The third-order valence-electron chi connectivity index (χ3n) is 7.82. The number of hydrogen-bond acceptors (Lipinski definition) is 0. The van der Waals surface area contributed by atoms with E-state index in [2.05, 4.69) is 137 Å². The van der Waals surface area contributed by atoms with E-state index in [0.29, 0.717) is 17.8 Å². The molecule has 0 spiro atoms. The topological polar surface area (TPSA) is 0 Å². The number of rotatable bonds is 5. The van der Waals surface area contributed by atoms with Crippen molar-refractivity contribution >= 4 is 13.2 Å². The summed E-state index contributed by atoms with van der Waals surface area (Å²) in [6.07, 6.45) is 1.25. The molecule has 0 heterocycles. The van der Waals surface area contributed by atoms with Gasteiger partial charge in [-0.15, -0.1) is 0 Å². The van der Waals surface area contributed by atoms with E-state index >= 15 is 0 Å². The third-order valence-corrected chi connectivity index (χ3v) is 11.9. The molecule has 0 bridgehead atoms. The van der Waals surface area contributed by atoms with Crippen molar-refractivity contribution in [3.8, 4) is 11.1 Å². The van der Waals surface area contributed by atoms with E-state index in [-0.39, 0.29) is 38.2 Å². The SMILES string of the molecule is CCC.Cc1c(C)c(C)c([PH+](C(C)(C)C)C(C)(C)C)c(-c2c(C(C)C)cc(C(C)C)cc2C(C)C)c1C.[CH3-].[Pd+2]. The van der Waals surface area contributed by atoms with Crippen molar-refractivity contribution in [3.63, 3.8) is 0 Å². The van der Waals surface area contributed by atoms with E-state index in [4.69, 9.17) is 0 Å². The van der Waals surface area contributed by atoms with Gasteiger partial charge in [-0.05, 0) is 131 Å². The van der Waals surface area contributed by atoms with Crippen LogP contribution in [0.2, 0.25) is 0 Å². The monoisotopic (exact) mass is 646 g/mol. The van der Waals surface area contributed by atoms with E-state index in [1.54, 1.807) is 16.4 Å². The van der Waals surface area contributed by atoms with Gasteiger partial charge in [0.1, 0.15) is 5.30 Å². The van der Waals surface area contributed by atoms with Gasteiger partial charge in [0, 0.05) is 13.5 Å². The van der Waals surface area contributed by atoms with Crippen molar-refractivity contribution in [2.24, 2.45) is 0 Å². The largest absolute Gasteiger partial charge is 2.00 e. The first-order valence-electron chi connectivity index (χ1n) is 14.9. The zero-order valence-corrected chi connectivity index (χ0v) is 32.0. The van der Waals surface area contributed by atoms with Crippen molar-refractivity contribution in [1.82, 2.24) is 0 Å². The summed E-state index contributed by atoms with van der Waals surface area (Å²) in [4.78, 5) is 0. The first-order chi connectivity index (χ1) is 16.7. The maximum atomic E-state index is 2.53. The van der Waals surface area contributed by atoms with E-state index in [1.807, 2.05) is 0 Å². The van der Waals surface area contributed by atoms with Crippen molar-refractivity contribution < 1.29 is 20.4 Å². The molecule has 0 N–H and O–H groups in total. The molecule has 0 aliphatic rings. The van der Waals surface area contributed by atoms with E-state index in [9.17, 15) is 0 Å². The summed E-state index contributed by atoms with van der Waals surface area (Å²) in [5, 5.41) is 2.20. The maximum absolute atomic E-state index is 2.53. The van der Waals surface area contributed by atoms with Gasteiger partial charge in [0.2, 0.25) is 0 Å². The second-order valence-corrected chi connectivity index (χ2v) is 18.6. The summed E-state index contributed by atoms with van der Waals surface area (Å²) in [5.41, 5.74) is 13.7. The molecule has 0 atom stereocenters. The van der Waals surface area contributed by atoms with Gasteiger partial charge >= 0.3 is 20.4 Å². The number of benzene rings is 2. The second kappa shape index (κ2) is 15.7. The predicted molar refractivity (Wildman–Crippen MR) is 183 cm³/mol. The van der Waals surface area contributed by atoms with Gasteiger partial charge in [0.05, 0.1) is 10.3 Å². The number of hydrogen-bond donors (Lipinski definition) is 0. The van der Waals surface area contributed by atoms with Gasteiger partial charge in [-0.2, -0.15) is 0 Å². The van der Waals surface area contributed by atoms with Crippen molar-refractivity contribution in [2.45, 2.75) is 159 Å². The minimum atomic E-state index is -0.931. The van der Waals surface area contributed by atoms with Crippen molar-refractivity contribution in [3.05, 3.63) is 58.5 Å². The van der Waals surface area contributed by atoms with Crippen LogP contribution in [0.4, 0.5) is 0 Å². The normalized spacial score (nSPS) is 11.9. The molecular weight excluding hydrogens is 582 g/mol. The minimum Gasteiger partial charge on any atom is -0.358 e. The van der Waals surface area contributed by atoms with Crippen LogP contribution in [0.25, 0.3) is 11.1 Å². The molecule has 0 nitrogen and oxygen atoms in total. The summed E-state index contributed by atoms with van der Waals surface area (Å²) < 4.78 is 0. The van der Waals surface area contributed by atoms with Crippen molar-refractivity contribution in [2.75, 3.05) is 0 Å². The fourth-order valence-corrected chi connectivity index (χ4v) is 10.9. The molecule has 0 amide bonds. The van der Waals surface area contributed by atoms with Crippen LogP contribution in [-0.4, -0.2) is 10.3 Å². The fraction of sp³-hybridized carbons (Fsp3) is 0.649. The first-order valence-corrected chi connectivity index (χ1v) is 16.4. The van der Waals surface area contributed by atoms with Crippen LogP contribution in [0.5, 0.6) is 0 Å². The molecule has 2 aromatic carbocycles. The van der Waals surface area contributed by atoms with Gasteiger partial charge < -0.3 is 7.43 Å². The molecule has 0 aliphatic carbocycles. The van der Waals surface area contributed by atoms with Gasteiger partial charge in [-0.3, -0.25) is 0 Å². The first kappa shape index (κ1) is 40.7. The summed E-state index contributed by atoms with van der Waals surface area (Å²) in [6, 6.07) is 5.07. The van der Waals surface area contributed by atoms with Crippen LogP contribution in [-0.2, 0) is 20.4 Å². The Morgan fingerprint density at radius 2 is 0.923 bits per heavy atom. The van der Waals surface area contributed by atoms with Crippen LogP contribution in [0.15, 0.2) is 12.1 Å². The van der Waals surface area contributed by atoms with Crippen molar-refractivity contribution in [1.29, 1.82) is 0 Å². The molecule has 0 aliphatic heterocycles. The van der Waals surface area contributed by atoms with Gasteiger partial charge in [0.25, 0.3) is 0 Å². The average Bonchev–Trinajstić information content (AvgIpc) is 2.74. The average molecular weight is 647 g/mol. The van der Waals surface area contributed by atoms with Crippen LogP contribution in [0, 0.1) is 35.1 Å². The smallest absolute Gasteiger partial charge is 0.358 e. The predicted octanol–water partition coefficient (Wildman–Crippen LogP) is 12.3. The van der Waals surface area contributed by atoms with Crippen LogP contribution < -0.4 is 5.30 Å². The molecule has 0 saturated heterocycles. The Bertz CT molecular complexity index is 1020. The Kier molecular flexibility index (Phi) is 16.3. The molecule has 2 rings (SSSR count). The van der Waals surface area contributed by atoms with Gasteiger partial charge in [0.15, 0.2) is 0 Å². The van der Waals surface area contributed by atoms with Crippen LogP contribution >= 0.6 is 7.92 Å². The third kappa shape index (κ3) is 9.26. The molecular formula is C37H65PPd+2. The quantitative estimate of drug-likeness (QED) is 0.172. The second-order valence-electron chi connectivity index (χ2n) is 14.4.